The van der Waals surface area contributed by atoms with Gasteiger partial charge in [-0.2, -0.15) is 0 Å². The molecule has 29 heavy (non-hydrogen) atoms. The molecule has 1 aromatic carbocycles. The molecule has 2 aromatic heterocycles. The summed E-state index contributed by atoms with van der Waals surface area (Å²) in [5.74, 6) is 0.189. The number of rotatable bonds is 3. The summed E-state index contributed by atoms with van der Waals surface area (Å²) < 4.78 is 3.45. The van der Waals surface area contributed by atoms with Crippen molar-refractivity contribution in [2.75, 3.05) is 0 Å². The molecule has 5 nitrogen and oxygen atoms in total. The molecule has 0 atom stereocenters. The summed E-state index contributed by atoms with van der Waals surface area (Å²) in [6.07, 6.45) is 3.69. The fourth-order valence-corrected chi connectivity index (χ4v) is 3.63. The van der Waals surface area contributed by atoms with Gasteiger partial charge < -0.3 is 9.67 Å². The number of Topliss-reactive ketones (excluding diaryl/α,β-unsaturated/α-hetero) is 1. The van der Waals surface area contributed by atoms with Gasteiger partial charge in [0.15, 0.2) is 5.78 Å². The molecule has 0 saturated carbocycles. The largest absolute Gasteiger partial charge is 0.507 e. The monoisotopic (exact) mass is 393 g/mol. The minimum Gasteiger partial charge on any atom is -0.507 e. The third-order valence-corrected chi connectivity index (χ3v) is 5.39. The van der Waals surface area contributed by atoms with E-state index in [1.165, 1.54) is 0 Å². The second-order valence-corrected chi connectivity index (χ2v) is 9.87. The van der Waals surface area contributed by atoms with Crippen LogP contribution in [0.2, 0.25) is 0 Å². The molecule has 0 spiro atoms. The Kier molecular flexibility index (Phi) is 4.98. The van der Waals surface area contributed by atoms with Crippen LogP contribution in [0.1, 0.15) is 68.6 Å². The standard InChI is InChI=1S/C24H31N3O2/c1-15-9-8-10-27-19(15)13-26(22(27)25)14-20(28)16-11-17(23(2,3)4)21(29)18(12-16)24(5,6)7/h8-13,25,29H,14H2,1-7H3. The Morgan fingerprint density at radius 3 is 2.10 bits per heavy atom. The number of ketones is 1. The van der Waals surface area contributed by atoms with Gasteiger partial charge in [0.05, 0.1) is 12.1 Å². The number of nitrogens with one attached hydrogen (secondary N) is 1. The van der Waals surface area contributed by atoms with Gasteiger partial charge in [-0.25, -0.2) is 0 Å². The molecule has 0 fully saturated rings. The molecule has 2 heterocycles. The number of aryl methyl sites for hydroxylation is 1. The molecule has 0 aliphatic carbocycles. The van der Waals surface area contributed by atoms with Crippen LogP contribution in [0.3, 0.4) is 0 Å². The summed E-state index contributed by atoms with van der Waals surface area (Å²) in [4.78, 5) is 13.2. The summed E-state index contributed by atoms with van der Waals surface area (Å²) in [6, 6.07) is 7.50. The molecule has 0 aliphatic rings. The molecule has 3 aromatic rings. The first-order chi connectivity index (χ1) is 13.3. The summed E-state index contributed by atoms with van der Waals surface area (Å²) in [5.41, 5.74) is 3.75. The maximum atomic E-state index is 13.2. The highest BCUT2D eigenvalue weighted by molar-refractivity contribution is 5.96. The number of pyridine rings is 1. The van der Waals surface area contributed by atoms with Gasteiger partial charge >= 0.3 is 0 Å². The van der Waals surface area contributed by atoms with Gasteiger partial charge in [-0.3, -0.25) is 14.6 Å². The number of carbonyl (C=O) groups is 1. The third kappa shape index (κ3) is 3.86. The number of aromatic hydroxyl groups is 1. The van der Waals surface area contributed by atoms with Gasteiger partial charge in [0.1, 0.15) is 5.75 Å². The van der Waals surface area contributed by atoms with Crippen LogP contribution < -0.4 is 5.62 Å². The number of phenols is 1. The lowest BCUT2D eigenvalue weighted by Crippen LogP contribution is -2.25. The maximum Gasteiger partial charge on any atom is 0.207 e. The fourth-order valence-electron chi connectivity index (χ4n) is 3.63. The van der Waals surface area contributed by atoms with Gasteiger partial charge in [-0.05, 0) is 41.5 Å². The van der Waals surface area contributed by atoms with Crippen LogP contribution in [0.4, 0.5) is 0 Å². The van der Waals surface area contributed by atoms with Crippen LogP contribution in [0, 0.1) is 12.3 Å². The number of hydrogen-bond acceptors (Lipinski definition) is 3. The Balaban J connectivity index is 2.09. The topological polar surface area (TPSA) is 70.5 Å². The summed E-state index contributed by atoms with van der Waals surface area (Å²) in [5, 5.41) is 19.3. The van der Waals surface area contributed by atoms with Crippen LogP contribution in [0.25, 0.3) is 5.52 Å². The number of imidazole rings is 1. The minimum absolute atomic E-state index is 0.0759. The molecule has 154 valence electrons. The molecule has 0 radical (unpaired) electrons. The first-order valence-electron chi connectivity index (χ1n) is 9.93. The number of aromatic nitrogens is 2. The highest BCUT2D eigenvalue weighted by Crippen LogP contribution is 2.39. The van der Waals surface area contributed by atoms with Crippen molar-refractivity contribution >= 4 is 11.3 Å². The minimum atomic E-state index is -0.296. The van der Waals surface area contributed by atoms with Crippen molar-refractivity contribution < 1.29 is 9.90 Å². The van der Waals surface area contributed by atoms with Gasteiger partial charge in [-0.1, -0.05) is 47.6 Å². The Labute approximate surface area is 172 Å². The van der Waals surface area contributed by atoms with E-state index in [1.54, 1.807) is 21.1 Å². The van der Waals surface area contributed by atoms with Crippen molar-refractivity contribution in [1.82, 2.24) is 8.97 Å². The second kappa shape index (κ2) is 6.90. The molecule has 0 saturated heterocycles. The Bertz CT molecular complexity index is 1120. The lowest BCUT2D eigenvalue weighted by molar-refractivity contribution is 0.0970. The number of carbonyl (C=O) groups excluding carboxylic acids is 1. The number of nitrogens with zero attached hydrogens (tertiary/aromatic N) is 2. The Morgan fingerprint density at radius 1 is 1.07 bits per heavy atom. The SMILES string of the molecule is Cc1cccn2c(=N)n(CC(=O)c3cc(C(C)(C)C)c(O)c(C(C)(C)C)c3)cc12. The lowest BCUT2D eigenvalue weighted by atomic mass is 9.78. The third-order valence-electron chi connectivity index (χ3n) is 5.39. The average molecular weight is 394 g/mol. The van der Waals surface area contributed by atoms with Gasteiger partial charge in [0, 0.05) is 29.1 Å². The number of phenolic OH excluding ortho intramolecular Hbond substituents is 1. The summed E-state index contributed by atoms with van der Waals surface area (Å²) >= 11 is 0. The number of fused-ring (bicyclic) bond motifs is 1. The zero-order valence-corrected chi connectivity index (χ0v) is 18.4. The molecule has 3 rings (SSSR count). The van der Waals surface area contributed by atoms with Crippen molar-refractivity contribution in [1.29, 1.82) is 5.41 Å². The van der Waals surface area contributed by atoms with E-state index in [9.17, 15) is 9.90 Å². The zero-order chi connectivity index (χ0) is 21.7. The predicted molar refractivity (Wildman–Crippen MR) is 116 cm³/mol. The van der Waals surface area contributed by atoms with Crippen LogP contribution in [0.15, 0.2) is 36.7 Å². The molecule has 2 N–H and O–H groups in total. The van der Waals surface area contributed by atoms with Crippen molar-refractivity contribution in [2.45, 2.75) is 65.8 Å². The summed E-state index contributed by atoms with van der Waals surface area (Å²) in [7, 11) is 0. The molecule has 0 unspecified atom stereocenters. The highest BCUT2D eigenvalue weighted by Gasteiger charge is 2.28. The lowest BCUT2D eigenvalue weighted by Gasteiger charge is -2.28. The first-order valence-corrected chi connectivity index (χ1v) is 9.93. The maximum absolute atomic E-state index is 13.2. The molecule has 0 aliphatic heterocycles. The fraction of sp³-hybridized carbons (Fsp3) is 0.417. The molecular weight excluding hydrogens is 362 g/mol. The average Bonchev–Trinajstić information content (AvgIpc) is 2.90. The van der Waals surface area contributed by atoms with E-state index in [4.69, 9.17) is 5.41 Å². The smallest absolute Gasteiger partial charge is 0.207 e. The van der Waals surface area contributed by atoms with Crippen molar-refractivity contribution in [2.24, 2.45) is 0 Å². The molecule has 5 heteroatoms. The zero-order valence-electron chi connectivity index (χ0n) is 18.4. The van der Waals surface area contributed by atoms with Crippen LogP contribution in [-0.4, -0.2) is 19.9 Å². The van der Waals surface area contributed by atoms with Gasteiger partial charge in [-0.15, -0.1) is 0 Å². The van der Waals surface area contributed by atoms with E-state index in [2.05, 4.69) is 0 Å². The Morgan fingerprint density at radius 2 is 1.62 bits per heavy atom. The summed E-state index contributed by atoms with van der Waals surface area (Å²) in [6.45, 7) is 14.3. The molecule has 0 amide bonds. The number of hydrogen-bond donors (Lipinski definition) is 2. The normalized spacial score (nSPS) is 12.5. The van der Waals surface area contributed by atoms with E-state index >= 15 is 0 Å². The number of benzene rings is 1. The van der Waals surface area contributed by atoms with Crippen molar-refractivity contribution in [3.8, 4) is 5.75 Å². The van der Waals surface area contributed by atoms with Crippen LogP contribution in [0.5, 0.6) is 5.75 Å². The highest BCUT2D eigenvalue weighted by atomic mass is 16.3. The van der Waals surface area contributed by atoms with Gasteiger partial charge in [0.2, 0.25) is 5.62 Å². The second-order valence-electron chi connectivity index (χ2n) is 9.87. The van der Waals surface area contributed by atoms with Crippen LogP contribution >= 0.6 is 0 Å². The van der Waals surface area contributed by atoms with E-state index in [1.807, 2.05) is 73.0 Å². The van der Waals surface area contributed by atoms with Crippen molar-refractivity contribution in [3.63, 3.8) is 0 Å². The molecule has 0 bridgehead atoms. The van der Waals surface area contributed by atoms with Gasteiger partial charge in [0.25, 0.3) is 0 Å². The molecular formula is C24H31N3O2. The van der Waals surface area contributed by atoms with E-state index in [0.29, 0.717) is 5.56 Å². The van der Waals surface area contributed by atoms with E-state index in [0.717, 1.165) is 22.2 Å². The Hall–Kier alpha value is -2.82. The van der Waals surface area contributed by atoms with E-state index in [-0.39, 0.29) is 34.5 Å². The first kappa shape index (κ1) is 20.9. The predicted octanol–water partition coefficient (Wildman–Crippen LogP) is 4.71. The quantitative estimate of drug-likeness (QED) is 0.633. The van der Waals surface area contributed by atoms with Crippen LogP contribution in [-0.2, 0) is 17.4 Å². The van der Waals surface area contributed by atoms with E-state index < -0.39 is 0 Å². The van der Waals surface area contributed by atoms with Crippen molar-refractivity contribution in [3.05, 3.63) is 64.5 Å².